The zero-order valence-electron chi connectivity index (χ0n) is 12.7. The molecule has 0 amide bonds. The first-order valence-electron chi connectivity index (χ1n) is 7.88. The molecular weight excluding hydrogens is 258 g/mol. The largest absolute Gasteiger partial charge is 0.364 e. The highest BCUT2D eigenvalue weighted by atomic mass is 16.5. The lowest BCUT2D eigenvalue weighted by atomic mass is 9.72. The number of aliphatic hydroxyl groups is 4. The normalized spacial score (nSPS) is 38.5. The van der Waals surface area contributed by atoms with Crippen molar-refractivity contribution in [2.24, 2.45) is 10.8 Å². The zero-order chi connectivity index (χ0) is 15.0. The van der Waals surface area contributed by atoms with E-state index in [-0.39, 0.29) is 5.41 Å². The molecule has 0 aromatic heterocycles. The molecule has 2 saturated heterocycles. The van der Waals surface area contributed by atoms with Crippen molar-refractivity contribution in [3.63, 3.8) is 0 Å². The van der Waals surface area contributed by atoms with Crippen molar-refractivity contribution in [2.75, 3.05) is 6.54 Å². The van der Waals surface area contributed by atoms with E-state index in [4.69, 9.17) is 0 Å². The number of rotatable bonds is 1. The van der Waals surface area contributed by atoms with Gasteiger partial charge in [-0.25, -0.2) is 4.90 Å². The molecule has 2 heterocycles. The molecule has 2 spiro atoms. The molecule has 2 aliphatic carbocycles. The van der Waals surface area contributed by atoms with Crippen LogP contribution < -0.4 is 0 Å². The Morgan fingerprint density at radius 3 is 1.80 bits per heavy atom. The lowest BCUT2D eigenvalue weighted by Crippen LogP contribution is -2.65. The van der Waals surface area contributed by atoms with E-state index in [0.29, 0.717) is 13.0 Å². The Morgan fingerprint density at radius 1 is 0.900 bits per heavy atom. The Hall–Kier alpha value is -0.200. The van der Waals surface area contributed by atoms with Gasteiger partial charge in [-0.05, 0) is 50.9 Å². The maximum Gasteiger partial charge on any atom is 0.231 e. The summed E-state index contributed by atoms with van der Waals surface area (Å²) in [6.07, 6.45) is 4.80. The summed E-state index contributed by atoms with van der Waals surface area (Å²) in [5.74, 6) is -3.76. The smallest absolute Gasteiger partial charge is 0.231 e. The second-order valence-electron chi connectivity index (χ2n) is 7.16. The van der Waals surface area contributed by atoms with Gasteiger partial charge in [-0.15, -0.1) is 0 Å². The Bertz CT molecular complexity index is 420. The van der Waals surface area contributed by atoms with Gasteiger partial charge in [0.2, 0.25) is 5.91 Å². The van der Waals surface area contributed by atoms with Crippen LogP contribution >= 0.6 is 0 Å². The quantitative estimate of drug-likeness (QED) is 0.535. The minimum atomic E-state index is -1.89. The van der Waals surface area contributed by atoms with Gasteiger partial charge in [0.25, 0.3) is 0 Å². The molecule has 0 aromatic rings. The van der Waals surface area contributed by atoms with E-state index in [1.807, 2.05) is 13.8 Å². The van der Waals surface area contributed by atoms with Crippen molar-refractivity contribution in [1.82, 2.24) is 4.90 Å². The van der Waals surface area contributed by atoms with Crippen LogP contribution in [0.3, 0.4) is 0 Å². The first-order valence-corrected chi connectivity index (χ1v) is 7.88. The van der Waals surface area contributed by atoms with E-state index in [0.717, 1.165) is 32.1 Å². The van der Waals surface area contributed by atoms with E-state index >= 15 is 0 Å². The maximum absolute atomic E-state index is 10.5. The summed E-state index contributed by atoms with van der Waals surface area (Å²) >= 11 is 0. The summed E-state index contributed by atoms with van der Waals surface area (Å²) in [5, 5.41) is 41.7. The van der Waals surface area contributed by atoms with E-state index in [9.17, 15) is 20.4 Å². The predicted octanol–water partition coefficient (Wildman–Crippen LogP) is 0.760. The second-order valence-corrected chi connectivity index (χ2v) is 7.16. The first kappa shape index (κ1) is 14.7. The van der Waals surface area contributed by atoms with Gasteiger partial charge in [0.15, 0.2) is 5.79 Å². The number of hydrogen-bond acceptors (Lipinski definition) is 5. The molecule has 20 heavy (non-hydrogen) atoms. The fourth-order valence-corrected chi connectivity index (χ4v) is 5.01. The van der Waals surface area contributed by atoms with E-state index in [2.05, 4.69) is 0 Å². The van der Waals surface area contributed by atoms with Crippen LogP contribution in [0.15, 0.2) is 0 Å². The second kappa shape index (κ2) is 3.76. The van der Waals surface area contributed by atoms with Crippen molar-refractivity contribution in [3.8, 4) is 0 Å². The summed E-state index contributed by atoms with van der Waals surface area (Å²) in [6.45, 7) is 5.95. The molecule has 1 unspecified atom stereocenters. The summed E-state index contributed by atoms with van der Waals surface area (Å²) in [5.41, 5.74) is -1.52. The monoisotopic (exact) mass is 285 g/mol. The molecule has 1 atom stereocenters. The van der Waals surface area contributed by atoms with Crippen LogP contribution in [0.1, 0.15) is 59.3 Å². The van der Waals surface area contributed by atoms with Crippen molar-refractivity contribution in [2.45, 2.75) is 76.5 Å². The molecule has 4 fully saturated rings. The minimum absolute atomic E-state index is 0.117. The van der Waals surface area contributed by atoms with Gasteiger partial charge < -0.3 is 20.4 Å². The highest BCUT2D eigenvalue weighted by Crippen LogP contribution is 2.77. The van der Waals surface area contributed by atoms with Crippen LogP contribution in [0.25, 0.3) is 0 Å². The molecule has 4 N–H and O–H groups in total. The molecule has 4 aliphatic rings. The number of hydrogen-bond donors (Lipinski definition) is 4. The SMILES string of the molecule is CC.CC(O)(O)C12CC3(CC3)C(O)(O)N1CCC21CC1. The number of fused-ring (bicyclic) bond motifs is 2. The zero-order valence-corrected chi connectivity index (χ0v) is 12.7. The highest BCUT2D eigenvalue weighted by molar-refractivity contribution is 5.31. The third-order valence-corrected chi connectivity index (χ3v) is 6.32. The van der Waals surface area contributed by atoms with Crippen LogP contribution in [-0.2, 0) is 0 Å². The van der Waals surface area contributed by atoms with Crippen LogP contribution in [0.4, 0.5) is 0 Å². The average molecular weight is 285 g/mol. The molecule has 5 nitrogen and oxygen atoms in total. The van der Waals surface area contributed by atoms with Crippen molar-refractivity contribution >= 4 is 0 Å². The van der Waals surface area contributed by atoms with Gasteiger partial charge in [0, 0.05) is 12.0 Å². The van der Waals surface area contributed by atoms with Gasteiger partial charge in [0.1, 0.15) is 0 Å². The van der Waals surface area contributed by atoms with Gasteiger partial charge in [-0.3, -0.25) is 0 Å². The Morgan fingerprint density at radius 2 is 1.40 bits per heavy atom. The lowest BCUT2D eigenvalue weighted by Gasteiger charge is -2.46. The molecule has 2 saturated carbocycles. The predicted molar refractivity (Wildman–Crippen MR) is 73.4 cm³/mol. The van der Waals surface area contributed by atoms with Crippen LogP contribution in [-0.4, -0.2) is 49.1 Å². The molecular formula is C15H27NO4. The van der Waals surface area contributed by atoms with Crippen LogP contribution in [0.2, 0.25) is 0 Å². The van der Waals surface area contributed by atoms with E-state index < -0.39 is 22.7 Å². The van der Waals surface area contributed by atoms with Gasteiger partial charge >= 0.3 is 0 Å². The third-order valence-electron chi connectivity index (χ3n) is 6.32. The molecule has 116 valence electrons. The van der Waals surface area contributed by atoms with Gasteiger partial charge in [-0.1, -0.05) is 13.8 Å². The summed E-state index contributed by atoms with van der Waals surface area (Å²) in [6, 6.07) is 0. The van der Waals surface area contributed by atoms with E-state index in [1.54, 1.807) is 4.90 Å². The van der Waals surface area contributed by atoms with Crippen molar-refractivity contribution in [3.05, 3.63) is 0 Å². The summed E-state index contributed by atoms with van der Waals surface area (Å²) in [4.78, 5) is 1.60. The Balaban J connectivity index is 0.000000581. The molecule has 5 heteroatoms. The fraction of sp³-hybridized carbons (Fsp3) is 1.00. The molecule has 4 rings (SSSR count). The van der Waals surface area contributed by atoms with Crippen LogP contribution in [0, 0.1) is 10.8 Å². The fourth-order valence-electron chi connectivity index (χ4n) is 5.01. The maximum atomic E-state index is 10.5. The molecule has 0 bridgehead atoms. The molecule has 0 radical (unpaired) electrons. The summed E-state index contributed by atoms with van der Waals surface area (Å²) in [7, 11) is 0. The van der Waals surface area contributed by atoms with Gasteiger partial charge in [0.05, 0.1) is 5.54 Å². The third kappa shape index (κ3) is 1.36. The van der Waals surface area contributed by atoms with E-state index in [1.165, 1.54) is 6.92 Å². The Kier molecular flexibility index (Phi) is 2.77. The Labute approximate surface area is 120 Å². The van der Waals surface area contributed by atoms with Crippen molar-refractivity contribution < 1.29 is 20.4 Å². The first-order chi connectivity index (χ1) is 9.21. The average Bonchev–Trinajstić information content (AvgIpc) is 3.20. The molecule has 0 aromatic carbocycles. The van der Waals surface area contributed by atoms with Crippen molar-refractivity contribution in [1.29, 1.82) is 0 Å². The lowest BCUT2D eigenvalue weighted by molar-refractivity contribution is -0.318. The minimum Gasteiger partial charge on any atom is -0.364 e. The topological polar surface area (TPSA) is 84.2 Å². The van der Waals surface area contributed by atoms with Gasteiger partial charge in [-0.2, -0.15) is 0 Å². The standard InChI is InChI=1S/C13H21NO4.C2H6/c1-9(15,16)12-8-11(4-5-11)13(17,18)14(12)7-6-10(12)2-3-10;1-2/h15-18H,2-8H2,1H3;1-2H3. The summed E-state index contributed by atoms with van der Waals surface area (Å²) < 4.78 is 0. The number of nitrogens with zero attached hydrogens (tertiary/aromatic N) is 1. The van der Waals surface area contributed by atoms with Crippen LogP contribution in [0.5, 0.6) is 0 Å². The molecule has 2 aliphatic heterocycles. The highest BCUT2D eigenvalue weighted by Gasteiger charge is 2.84.